The second kappa shape index (κ2) is 5.79. The molecule has 3 aromatic rings. The third-order valence-electron chi connectivity index (χ3n) is 4.17. The van der Waals surface area contributed by atoms with Crippen molar-refractivity contribution < 1.29 is 9.32 Å². The fourth-order valence-electron chi connectivity index (χ4n) is 2.92. The fourth-order valence-corrected chi connectivity index (χ4v) is 2.92. The summed E-state index contributed by atoms with van der Waals surface area (Å²) in [5.41, 5.74) is 1.90. The van der Waals surface area contributed by atoms with E-state index in [0.717, 1.165) is 18.4 Å². The average Bonchev–Trinajstić information content (AvgIpc) is 3.32. The molecule has 0 saturated heterocycles. The lowest BCUT2D eigenvalue weighted by molar-refractivity contribution is 0.0949. The summed E-state index contributed by atoms with van der Waals surface area (Å²) in [6.45, 7) is 0.242. The van der Waals surface area contributed by atoms with Gasteiger partial charge in [-0.15, -0.1) is 0 Å². The third kappa shape index (κ3) is 2.79. The highest BCUT2D eigenvalue weighted by Gasteiger charge is 2.23. The van der Waals surface area contributed by atoms with Crippen molar-refractivity contribution in [2.45, 2.75) is 38.1 Å². The van der Waals surface area contributed by atoms with Gasteiger partial charge in [0.05, 0.1) is 6.54 Å². The van der Waals surface area contributed by atoms with Gasteiger partial charge < -0.3 is 9.84 Å². The zero-order valence-electron chi connectivity index (χ0n) is 12.5. The number of hydrogen-bond acceptors (Lipinski definition) is 6. The van der Waals surface area contributed by atoms with Crippen molar-refractivity contribution in [3.05, 3.63) is 35.5 Å². The molecule has 0 bridgehead atoms. The first-order chi connectivity index (χ1) is 11.3. The van der Waals surface area contributed by atoms with Crippen LogP contribution in [-0.2, 0) is 6.54 Å². The van der Waals surface area contributed by atoms with Crippen LogP contribution in [0.4, 0.5) is 0 Å². The molecular weight excluding hydrogens is 296 g/mol. The van der Waals surface area contributed by atoms with Crippen LogP contribution in [0.2, 0.25) is 0 Å². The monoisotopic (exact) mass is 312 g/mol. The molecule has 0 unspecified atom stereocenters. The molecule has 1 aromatic carbocycles. The van der Waals surface area contributed by atoms with E-state index < -0.39 is 0 Å². The van der Waals surface area contributed by atoms with Gasteiger partial charge in [-0.05, 0) is 31.0 Å². The van der Waals surface area contributed by atoms with E-state index in [9.17, 15) is 4.79 Å². The first-order valence-electron chi connectivity index (χ1n) is 7.71. The van der Waals surface area contributed by atoms with E-state index in [4.69, 9.17) is 4.52 Å². The molecule has 1 saturated carbocycles. The summed E-state index contributed by atoms with van der Waals surface area (Å²) in [6.07, 6.45) is 4.63. The Balaban J connectivity index is 1.40. The van der Waals surface area contributed by atoms with Gasteiger partial charge in [-0.3, -0.25) is 4.79 Å². The van der Waals surface area contributed by atoms with E-state index >= 15 is 0 Å². The number of H-pyrrole nitrogens is 1. The Bertz CT molecular complexity index is 833. The van der Waals surface area contributed by atoms with E-state index in [1.54, 1.807) is 18.2 Å². The molecule has 0 aliphatic heterocycles. The van der Waals surface area contributed by atoms with Crippen LogP contribution in [0.5, 0.6) is 0 Å². The molecule has 8 nitrogen and oxygen atoms in total. The highest BCUT2D eigenvalue weighted by molar-refractivity contribution is 5.97. The second-order valence-corrected chi connectivity index (χ2v) is 5.74. The number of nitrogens with zero attached hydrogens (tertiary/aromatic N) is 4. The molecule has 0 radical (unpaired) electrons. The Morgan fingerprint density at radius 3 is 2.96 bits per heavy atom. The van der Waals surface area contributed by atoms with Gasteiger partial charge in [-0.25, -0.2) is 0 Å². The molecule has 1 fully saturated rings. The number of aromatic nitrogens is 5. The molecule has 1 aliphatic carbocycles. The predicted molar refractivity (Wildman–Crippen MR) is 80.6 cm³/mol. The highest BCUT2D eigenvalue weighted by atomic mass is 16.5. The molecule has 2 heterocycles. The smallest absolute Gasteiger partial charge is 0.251 e. The lowest BCUT2D eigenvalue weighted by Gasteiger charge is -2.02. The van der Waals surface area contributed by atoms with Crippen molar-refractivity contribution in [1.29, 1.82) is 0 Å². The van der Waals surface area contributed by atoms with E-state index in [1.807, 2.05) is 0 Å². The van der Waals surface area contributed by atoms with Crippen LogP contribution >= 0.6 is 0 Å². The third-order valence-corrected chi connectivity index (χ3v) is 4.17. The fraction of sp³-hybridized carbons (Fsp3) is 0.400. The molecule has 118 valence electrons. The predicted octanol–water partition coefficient (Wildman–Crippen LogP) is 1.93. The molecular formula is C15H16N6O2. The quantitative estimate of drug-likeness (QED) is 0.761. The molecule has 4 rings (SSSR count). The molecule has 8 heteroatoms. The first kappa shape index (κ1) is 13.9. The minimum absolute atomic E-state index is 0.206. The van der Waals surface area contributed by atoms with Crippen LogP contribution in [-0.4, -0.2) is 31.5 Å². The van der Waals surface area contributed by atoms with Crippen LogP contribution in [0.1, 0.15) is 53.7 Å². The van der Waals surface area contributed by atoms with Gasteiger partial charge in [0.25, 0.3) is 5.91 Å². The average molecular weight is 312 g/mol. The van der Waals surface area contributed by atoms with Crippen molar-refractivity contribution in [3.8, 4) is 0 Å². The number of carbonyl (C=O) groups is 1. The number of carbonyl (C=O) groups excluding carboxylic acids is 1. The van der Waals surface area contributed by atoms with Gasteiger partial charge >= 0.3 is 0 Å². The minimum Gasteiger partial charge on any atom is -0.345 e. The SMILES string of the molecule is O=C(NCc1noc(C2CCCC2)n1)c1ccc2n[nH]nc2c1. The molecule has 0 spiro atoms. The van der Waals surface area contributed by atoms with Crippen molar-refractivity contribution in [1.82, 2.24) is 30.9 Å². The number of fused-ring (bicyclic) bond motifs is 1. The largest absolute Gasteiger partial charge is 0.345 e. The first-order valence-corrected chi connectivity index (χ1v) is 7.71. The number of amides is 1. The van der Waals surface area contributed by atoms with Crippen LogP contribution in [0.25, 0.3) is 11.0 Å². The molecule has 1 amide bonds. The summed E-state index contributed by atoms with van der Waals surface area (Å²) >= 11 is 0. The number of rotatable bonds is 4. The van der Waals surface area contributed by atoms with E-state index in [0.29, 0.717) is 28.7 Å². The maximum Gasteiger partial charge on any atom is 0.251 e. The van der Waals surface area contributed by atoms with E-state index in [2.05, 4.69) is 30.9 Å². The summed E-state index contributed by atoms with van der Waals surface area (Å²) in [4.78, 5) is 16.6. The van der Waals surface area contributed by atoms with Gasteiger partial charge in [0.15, 0.2) is 5.82 Å². The molecule has 2 aromatic heterocycles. The van der Waals surface area contributed by atoms with Gasteiger partial charge in [0.2, 0.25) is 5.89 Å². The second-order valence-electron chi connectivity index (χ2n) is 5.74. The standard InChI is InChI=1S/C15H16N6O2/c22-14(10-5-6-11-12(7-10)19-21-18-11)16-8-13-17-15(23-20-13)9-3-1-2-4-9/h5-7,9H,1-4,8H2,(H,16,22)(H,18,19,21). The summed E-state index contributed by atoms with van der Waals surface area (Å²) < 4.78 is 5.30. The normalized spacial score (nSPS) is 15.3. The number of aromatic amines is 1. The summed E-state index contributed by atoms with van der Waals surface area (Å²) in [6, 6.07) is 5.15. The van der Waals surface area contributed by atoms with Crippen LogP contribution in [0.15, 0.2) is 22.7 Å². The van der Waals surface area contributed by atoms with Crippen molar-refractivity contribution in [3.63, 3.8) is 0 Å². The summed E-state index contributed by atoms with van der Waals surface area (Å²) in [7, 11) is 0. The Labute approximate surface area is 131 Å². The number of benzene rings is 1. The van der Waals surface area contributed by atoms with Crippen LogP contribution in [0.3, 0.4) is 0 Å². The van der Waals surface area contributed by atoms with Gasteiger partial charge in [-0.1, -0.05) is 18.0 Å². The van der Waals surface area contributed by atoms with Crippen molar-refractivity contribution in [2.75, 3.05) is 0 Å². The lowest BCUT2D eigenvalue weighted by atomic mass is 10.1. The van der Waals surface area contributed by atoms with Crippen LogP contribution in [0, 0.1) is 0 Å². The molecule has 2 N–H and O–H groups in total. The Morgan fingerprint density at radius 1 is 1.26 bits per heavy atom. The Morgan fingerprint density at radius 2 is 2.09 bits per heavy atom. The van der Waals surface area contributed by atoms with Gasteiger partial charge in [0, 0.05) is 11.5 Å². The molecule has 0 atom stereocenters. The number of hydrogen-bond donors (Lipinski definition) is 2. The zero-order valence-corrected chi connectivity index (χ0v) is 12.5. The maximum atomic E-state index is 12.2. The zero-order chi connectivity index (χ0) is 15.6. The molecule has 23 heavy (non-hydrogen) atoms. The van der Waals surface area contributed by atoms with Crippen molar-refractivity contribution in [2.24, 2.45) is 0 Å². The number of nitrogens with one attached hydrogen (secondary N) is 2. The van der Waals surface area contributed by atoms with Crippen LogP contribution < -0.4 is 5.32 Å². The Hall–Kier alpha value is -2.77. The lowest BCUT2D eigenvalue weighted by Crippen LogP contribution is -2.23. The van der Waals surface area contributed by atoms with Crippen molar-refractivity contribution >= 4 is 16.9 Å². The summed E-state index contributed by atoms with van der Waals surface area (Å²) in [5.74, 6) is 1.36. The minimum atomic E-state index is -0.206. The van der Waals surface area contributed by atoms with Gasteiger partial charge in [-0.2, -0.15) is 20.4 Å². The van der Waals surface area contributed by atoms with E-state index in [-0.39, 0.29) is 12.5 Å². The Kier molecular flexibility index (Phi) is 3.49. The topological polar surface area (TPSA) is 110 Å². The van der Waals surface area contributed by atoms with Gasteiger partial charge in [0.1, 0.15) is 11.0 Å². The molecule has 1 aliphatic rings. The highest BCUT2D eigenvalue weighted by Crippen LogP contribution is 2.32. The summed E-state index contributed by atoms with van der Waals surface area (Å²) in [5, 5.41) is 17.2. The maximum absolute atomic E-state index is 12.2. The van der Waals surface area contributed by atoms with E-state index in [1.165, 1.54) is 12.8 Å².